The van der Waals surface area contributed by atoms with Crippen molar-refractivity contribution in [3.05, 3.63) is 12.2 Å². The number of carbonyl (C=O) groups is 6. The molecule has 0 heterocycles. The minimum atomic E-state index is -0.759. The molecule has 0 aliphatic carbocycles. The summed E-state index contributed by atoms with van der Waals surface area (Å²) in [4.78, 5) is 59.3. The quantitative estimate of drug-likeness (QED) is 0.00891. The average molecular weight is 1030 g/mol. The molecule has 0 spiro atoms. The van der Waals surface area contributed by atoms with Gasteiger partial charge in [0.1, 0.15) is 0 Å². The van der Waals surface area contributed by atoms with Gasteiger partial charge in [-0.25, -0.2) is 0 Å². The lowest BCUT2D eigenvalue weighted by atomic mass is 9.99. The molecular weight excluding hydrogens is 917 g/mol. The molecule has 16 heteroatoms. The van der Waals surface area contributed by atoms with E-state index in [-0.39, 0.29) is 25.7 Å². The molecule has 16 nitrogen and oxygen atoms in total. The van der Waals surface area contributed by atoms with E-state index in [1.54, 1.807) is 0 Å². The van der Waals surface area contributed by atoms with Gasteiger partial charge in [-0.15, -0.1) is 0 Å². The van der Waals surface area contributed by atoms with Gasteiger partial charge in [0.25, 0.3) is 6.47 Å². The lowest BCUT2D eigenvalue weighted by molar-refractivity contribution is -0.176. The molecule has 0 aromatic rings. The highest BCUT2D eigenvalue weighted by Crippen LogP contribution is 2.16. The van der Waals surface area contributed by atoms with E-state index >= 15 is 0 Å². The Hall–Kier alpha value is -3.60. The van der Waals surface area contributed by atoms with Gasteiger partial charge >= 0.3 is 29.8 Å². The van der Waals surface area contributed by atoms with Gasteiger partial charge in [0.05, 0.1) is 12.2 Å². The van der Waals surface area contributed by atoms with Crippen LogP contribution < -0.4 is 0 Å². The molecule has 0 saturated carbocycles. The van der Waals surface area contributed by atoms with Crippen molar-refractivity contribution in [2.75, 3.05) is 0 Å². The van der Waals surface area contributed by atoms with Gasteiger partial charge in [-0.1, -0.05) is 200 Å². The van der Waals surface area contributed by atoms with Crippen LogP contribution in [0.25, 0.3) is 0 Å². The van der Waals surface area contributed by atoms with Crippen LogP contribution >= 0.6 is 0 Å². The minimum absolute atomic E-state index is 0.221. The van der Waals surface area contributed by atoms with E-state index in [0.717, 1.165) is 89.9 Å². The molecule has 10 N–H and O–H groups in total. The van der Waals surface area contributed by atoms with E-state index in [4.69, 9.17) is 45.9 Å². The first-order valence-electron chi connectivity index (χ1n) is 27.5. The molecule has 71 heavy (non-hydrogen) atoms. The minimum Gasteiger partial charge on any atom is -0.483 e. The normalized spacial score (nSPS) is 11.1. The first-order chi connectivity index (χ1) is 34.2. The van der Waals surface area contributed by atoms with Gasteiger partial charge in [0.2, 0.25) is 0 Å². The van der Waals surface area contributed by atoms with Crippen LogP contribution in [0.3, 0.4) is 0 Å². The molecule has 0 aliphatic rings. The van der Waals surface area contributed by atoms with E-state index in [9.17, 15) is 34.2 Å². The predicted molar refractivity (Wildman–Crippen MR) is 284 cm³/mol. The van der Waals surface area contributed by atoms with Crippen molar-refractivity contribution in [3.8, 4) is 0 Å². The number of aliphatic hydroxyl groups is 2. The van der Waals surface area contributed by atoms with E-state index in [2.05, 4.69) is 32.9 Å². The first kappa shape index (κ1) is 78.8. The van der Waals surface area contributed by atoms with Crippen molar-refractivity contribution in [2.24, 2.45) is 0 Å². The second-order valence-electron chi connectivity index (χ2n) is 18.2. The Morgan fingerprint density at radius 2 is 0.493 bits per heavy atom. The molecule has 0 amide bonds. The van der Waals surface area contributed by atoms with Crippen molar-refractivity contribution in [3.63, 3.8) is 0 Å². The van der Waals surface area contributed by atoms with Crippen LogP contribution in [0.4, 0.5) is 0 Å². The zero-order valence-electron chi connectivity index (χ0n) is 45.0. The summed E-state index contributed by atoms with van der Waals surface area (Å²) in [5.74, 6) is -3.58. The van der Waals surface area contributed by atoms with Crippen molar-refractivity contribution in [1.82, 2.24) is 0 Å². The number of carboxylic acids is 5. The molecule has 0 saturated heterocycles. The Labute approximate surface area is 430 Å². The summed E-state index contributed by atoms with van der Waals surface area (Å²) in [5, 5.41) is 80.7. The Morgan fingerprint density at radius 1 is 0.324 bits per heavy atom. The smallest absolute Gasteiger partial charge is 0.303 e. The molecule has 0 radical (unpaired) electrons. The Morgan fingerprint density at radius 3 is 0.690 bits per heavy atom. The van der Waals surface area contributed by atoms with E-state index in [1.807, 2.05) is 0 Å². The molecular formula is C55H108O16. The highest BCUT2D eigenvalue weighted by Gasteiger charge is 2.15. The van der Waals surface area contributed by atoms with Crippen LogP contribution in [-0.2, 0) is 28.8 Å². The topological polar surface area (TPSA) is 305 Å². The fourth-order valence-corrected chi connectivity index (χ4v) is 7.16. The zero-order chi connectivity index (χ0) is 54.9. The second-order valence-corrected chi connectivity index (χ2v) is 18.2. The molecule has 424 valence electrons. The fraction of sp³-hybridized carbons (Fsp3) is 0.855. The van der Waals surface area contributed by atoms with E-state index in [0.29, 0.717) is 38.5 Å². The first-order valence-corrected chi connectivity index (χ1v) is 27.5. The van der Waals surface area contributed by atoms with Crippen molar-refractivity contribution in [1.29, 1.82) is 0 Å². The molecule has 0 fully saturated rings. The van der Waals surface area contributed by atoms with Gasteiger partial charge in [-0.3, -0.25) is 39.3 Å². The van der Waals surface area contributed by atoms with Crippen LogP contribution in [0, 0.1) is 0 Å². The Kier molecular flexibility index (Phi) is 81.0. The van der Waals surface area contributed by atoms with Crippen LogP contribution in [-0.4, -0.2) is 99.9 Å². The summed E-state index contributed by atoms with van der Waals surface area (Å²) in [5.41, 5.74) is 0. The SMILES string of the molecule is CCCCCCCC/C=C\CCCCCCCC(=O)O.CCCCCCCCC(=O)O.CCCCCCCCC(O)C(O)CCCCCCCC(=O)O.O=C(O)CCCCCCCC(=O)O.O=CO.OO. The number of hydrogen-bond acceptors (Lipinski definition) is 10. The number of aliphatic hydroxyl groups excluding tert-OH is 2. The maximum atomic E-state index is 10.4. The molecule has 0 rings (SSSR count). The third kappa shape index (κ3) is 96.6. The Balaban J connectivity index is -0.000000198. The van der Waals surface area contributed by atoms with E-state index in [1.165, 1.54) is 122 Å². The van der Waals surface area contributed by atoms with Crippen LogP contribution in [0.1, 0.15) is 290 Å². The molecule has 0 bridgehead atoms. The number of unbranched alkanes of at least 4 members (excludes halogenated alkanes) is 29. The Bertz CT molecular complexity index is 1120. The predicted octanol–water partition coefficient (Wildman–Crippen LogP) is 14.8. The average Bonchev–Trinajstić information content (AvgIpc) is 3.32. The summed E-state index contributed by atoms with van der Waals surface area (Å²) in [7, 11) is 0. The van der Waals surface area contributed by atoms with Crippen LogP contribution in [0.2, 0.25) is 0 Å². The standard InChI is InChI=1S/C18H36O4.C18H34O2.C9H16O4.C9H18O2.CH2O2.H2O2/c1-2-3-4-5-7-10-13-16(19)17(20)14-11-8-6-9-12-15-18(21)22;1-2-3-4-5-6-7-8-9-10-11-12-13-14-15-16-17-18(19)20;10-8(11)6-4-2-1-3-5-7-9(12)13;1-2-3-4-5-6-7-8-9(10)11;2-1-3;1-2/h16-17,19-20H,2-15H2,1H3,(H,21,22);9-10H,2-8,11-17H2,1H3,(H,19,20);1-7H2,(H,10,11)(H,12,13);2-8H2,1H3,(H,10,11);1H,(H,2,3);1-2H/b;10-9-;;;;. The summed E-state index contributed by atoms with van der Waals surface area (Å²) < 4.78 is 0. The summed E-state index contributed by atoms with van der Waals surface area (Å²) in [6, 6.07) is 0. The summed E-state index contributed by atoms with van der Waals surface area (Å²) in [6.45, 7) is 6.39. The summed E-state index contributed by atoms with van der Waals surface area (Å²) in [6.07, 6.45) is 45.2. The molecule has 2 unspecified atom stereocenters. The number of hydrogen-bond donors (Lipinski definition) is 10. The number of rotatable bonds is 46. The lowest BCUT2D eigenvalue weighted by Gasteiger charge is -2.17. The maximum absolute atomic E-state index is 10.4. The van der Waals surface area contributed by atoms with Crippen LogP contribution in [0.15, 0.2) is 12.2 Å². The zero-order valence-corrected chi connectivity index (χ0v) is 45.0. The van der Waals surface area contributed by atoms with Gasteiger partial charge < -0.3 is 40.9 Å². The third-order valence-corrected chi connectivity index (χ3v) is 11.4. The molecule has 2 atom stereocenters. The monoisotopic (exact) mass is 1020 g/mol. The van der Waals surface area contributed by atoms with Crippen molar-refractivity contribution in [2.45, 2.75) is 303 Å². The number of allylic oxidation sites excluding steroid dienone is 2. The fourth-order valence-electron chi connectivity index (χ4n) is 7.16. The van der Waals surface area contributed by atoms with Gasteiger partial charge in [0, 0.05) is 32.1 Å². The summed E-state index contributed by atoms with van der Waals surface area (Å²) >= 11 is 0. The second kappa shape index (κ2) is 72.9. The number of aliphatic carboxylic acids is 5. The van der Waals surface area contributed by atoms with Gasteiger partial charge in [-0.05, 0) is 70.6 Å². The van der Waals surface area contributed by atoms with Crippen LogP contribution in [0.5, 0.6) is 0 Å². The van der Waals surface area contributed by atoms with Crippen molar-refractivity contribution >= 4 is 36.3 Å². The largest absolute Gasteiger partial charge is 0.483 e. The van der Waals surface area contributed by atoms with E-state index < -0.39 is 42.1 Å². The van der Waals surface area contributed by atoms with Gasteiger partial charge in [0.15, 0.2) is 0 Å². The third-order valence-electron chi connectivity index (χ3n) is 11.4. The highest BCUT2D eigenvalue weighted by molar-refractivity contribution is 5.67. The maximum Gasteiger partial charge on any atom is 0.303 e. The number of carboxylic acid groups (broad SMARTS) is 6. The highest BCUT2D eigenvalue weighted by atomic mass is 17.0. The molecule has 0 aromatic heterocycles. The molecule has 0 aromatic carbocycles. The van der Waals surface area contributed by atoms with Crippen molar-refractivity contribution < 1.29 is 80.1 Å². The molecule has 0 aliphatic heterocycles. The lowest BCUT2D eigenvalue weighted by Crippen LogP contribution is -2.25. The van der Waals surface area contributed by atoms with Gasteiger partial charge in [-0.2, -0.15) is 0 Å².